The van der Waals surface area contributed by atoms with Crippen molar-refractivity contribution in [2.75, 3.05) is 0 Å². The average Bonchev–Trinajstić information content (AvgIpc) is 1.63. The fraction of sp³-hybridized carbons (Fsp3) is 0. The lowest BCUT2D eigenvalue weighted by Gasteiger charge is -2.11. The molecule has 0 N–H and O–H groups in total. The smallest absolute Gasteiger partial charge is 0.228 e. The highest BCUT2D eigenvalue weighted by Gasteiger charge is 2.26. The zero-order valence-corrected chi connectivity index (χ0v) is 78.6. The molecule has 30 aromatic rings. The lowest BCUT2D eigenvalue weighted by Crippen LogP contribution is -2.00. The molecule has 0 saturated heterocycles. The Morgan fingerprint density at radius 3 is 0.912 bits per heavy atom. The van der Waals surface area contributed by atoms with Crippen LogP contribution in [0.25, 0.3) is 299 Å². The Balaban J connectivity index is 0.000000107. The van der Waals surface area contributed by atoms with Crippen LogP contribution in [0.2, 0.25) is 0 Å². The van der Waals surface area contributed by atoms with Crippen LogP contribution in [0.1, 0.15) is 0 Å². The summed E-state index contributed by atoms with van der Waals surface area (Å²) in [4.78, 5) is 60.0. The monoisotopic (exact) mass is 1880 g/mol. The highest BCUT2D eigenvalue weighted by Crippen LogP contribution is 2.45. The largest absolute Gasteiger partial charge is 0.456 e. The number of nitrogens with zero attached hydrogens (tertiary/aromatic N) is 12. The molecular formula is C132H78N12O3. The average molecular weight is 1880 g/mol. The third-order valence-electron chi connectivity index (χ3n) is 28.0. The van der Waals surface area contributed by atoms with E-state index in [1.807, 2.05) is 66.7 Å². The summed E-state index contributed by atoms with van der Waals surface area (Å²) in [6.45, 7) is 0. The van der Waals surface area contributed by atoms with Gasteiger partial charge in [0.15, 0.2) is 52.4 Å². The number of aromatic nitrogens is 12. The van der Waals surface area contributed by atoms with Gasteiger partial charge in [-0.15, -0.1) is 0 Å². The van der Waals surface area contributed by atoms with Gasteiger partial charge >= 0.3 is 0 Å². The lowest BCUT2D eigenvalue weighted by atomic mass is 9.97. The van der Waals surface area contributed by atoms with Crippen molar-refractivity contribution in [3.05, 3.63) is 473 Å². The molecule has 0 fully saturated rings. The molecule has 0 aliphatic carbocycles. The predicted molar refractivity (Wildman–Crippen MR) is 597 cm³/mol. The highest BCUT2D eigenvalue weighted by molar-refractivity contribution is 6.18. The van der Waals surface area contributed by atoms with Gasteiger partial charge in [0.25, 0.3) is 0 Å². The van der Waals surface area contributed by atoms with Gasteiger partial charge in [-0.3, -0.25) is 4.98 Å². The highest BCUT2D eigenvalue weighted by atomic mass is 16.3. The summed E-state index contributed by atoms with van der Waals surface area (Å²) in [6.07, 6.45) is 3.56. The Morgan fingerprint density at radius 1 is 0.136 bits per heavy atom. The van der Waals surface area contributed by atoms with Crippen LogP contribution < -0.4 is 0 Å². The molecule has 21 aromatic carbocycles. The molecule has 0 unspecified atom stereocenters. The molecule has 9 aromatic heterocycles. The first-order chi connectivity index (χ1) is 72.7. The summed E-state index contributed by atoms with van der Waals surface area (Å²) < 4.78 is 19.0. The molecule has 30 rings (SSSR count). The summed E-state index contributed by atoms with van der Waals surface area (Å²) in [6, 6.07) is 159. The second-order valence-corrected chi connectivity index (χ2v) is 36.9. The fourth-order valence-corrected chi connectivity index (χ4v) is 20.8. The lowest BCUT2D eigenvalue weighted by molar-refractivity contribution is 0.654. The van der Waals surface area contributed by atoms with Crippen molar-refractivity contribution in [3.8, 4) is 136 Å². The van der Waals surface area contributed by atoms with Crippen molar-refractivity contribution in [3.63, 3.8) is 0 Å². The van der Waals surface area contributed by atoms with E-state index in [0.717, 1.165) is 176 Å². The van der Waals surface area contributed by atoms with Crippen molar-refractivity contribution in [2.45, 2.75) is 0 Å². The summed E-state index contributed by atoms with van der Waals surface area (Å²) >= 11 is 0. The number of benzene rings is 21. The molecule has 0 radical (unpaired) electrons. The minimum Gasteiger partial charge on any atom is -0.456 e. The number of para-hydroxylation sites is 1. The predicted octanol–water partition coefficient (Wildman–Crippen LogP) is 33.9. The van der Waals surface area contributed by atoms with Crippen LogP contribution in [0.3, 0.4) is 0 Å². The minimum absolute atomic E-state index is 0.552. The zero-order valence-electron chi connectivity index (χ0n) is 78.6. The summed E-state index contributed by atoms with van der Waals surface area (Å²) in [5.41, 5.74) is 21.1. The molecule has 0 bridgehead atoms. The van der Waals surface area contributed by atoms with E-state index in [2.05, 4.69) is 404 Å². The Bertz CT molecular complexity index is 9610. The molecule has 0 aliphatic heterocycles. The minimum atomic E-state index is 0.552. The third kappa shape index (κ3) is 15.6. The standard InChI is InChI=1S/3C44H26N4O/c1-2-11-31-25-33(24-19-27(31)9-1)42-46-41(30-22-20-29(21-23-30)35-15-7-13-28-10-3-5-14-34(28)35)47-43(48-42)36-16-8-18-39-40(36)37-26-32-12-4-6-17-38(32)45-44(37)49-39;1-2-10-31-24-33(22-17-27(31)8-1)43-46-42(30-20-18-29(19-21-30)35-14-5-11-28-9-3-4-13-34(28)35)47-44(48-43)36-15-6-16-39-41(36)37-25-32-12-7-23-45-38(32)26-40(37)49-39;1-2-10-31-24-34(21-16-27(31)8-1)42-46-41(30-19-17-29(18-20-30)36-15-7-13-28-9-5-6-14-35(28)36)47-43(48-42)37-22-23-45-44-40(37)38-25-32-11-3-4-12-33(32)26-39(38)49-44/h3*1-26H. The molecular weight excluding hydrogens is 1800 g/mol. The van der Waals surface area contributed by atoms with Gasteiger partial charge in [-0.05, 0) is 182 Å². The number of fused-ring (bicyclic) bond motifs is 18. The molecule has 0 amide bonds. The van der Waals surface area contributed by atoms with Gasteiger partial charge in [0.2, 0.25) is 11.4 Å². The van der Waals surface area contributed by atoms with Crippen LogP contribution in [0, 0.1) is 0 Å². The normalized spacial score (nSPS) is 11.7. The van der Waals surface area contributed by atoms with E-state index >= 15 is 0 Å². The number of hydrogen-bond donors (Lipinski definition) is 0. The van der Waals surface area contributed by atoms with E-state index in [4.69, 9.17) is 63.1 Å². The van der Waals surface area contributed by atoms with Gasteiger partial charge in [0.1, 0.15) is 22.3 Å². The van der Waals surface area contributed by atoms with Crippen molar-refractivity contribution in [1.29, 1.82) is 0 Å². The Labute approximate surface area is 839 Å². The molecule has 0 atom stereocenters. The second-order valence-electron chi connectivity index (χ2n) is 36.9. The first kappa shape index (κ1) is 84.9. The first-order valence-electron chi connectivity index (χ1n) is 48.9. The summed E-state index contributed by atoms with van der Waals surface area (Å²) in [7, 11) is 0. The molecule has 0 saturated carbocycles. The molecule has 15 nitrogen and oxygen atoms in total. The third-order valence-corrected chi connectivity index (χ3v) is 28.0. The topological polar surface area (TPSA) is 194 Å². The quantitative estimate of drug-likeness (QED) is 0.112. The van der Waals surface area contributed by atoms with E-state index in [9.17, 15) is 0 Å². The van der Waals surface area contributed by atoms with E-state index in [1.165, 1.54) is 59.8 Å². The number of pyridine rings is 3. The van der Waals surface area contributed by atoms with Crippen molar-refractivity contribution in [2.24, 2.45) is 0 Å². The van der Waals surface area contributed by atoms with Gasteiger partial charge in [0, 0.05) is 106 Å². The van der Waals surface area contributed by atoms with Crippen LogP contribution in [0.4, 0.5) is 0 Å². The maximum absolute atomic E-state index is 6.38. The second kappa shape index (κ2) is 35.6. The molecule has 15 heteroatoms. The van der Waals surface area contributed by atoms with Crippen molar-refractivity contribution in [1.82, 2.24) is 59.8 Å². The van der Waals surface area contributed by atoms with E-state index in [-0.39, 0.29) is 0 Å². The van der Waals surface area contributed by atoms with Crippen LogP contribution in [0.15, 0.2) is 487 Å². The summed E-state index contributed by atoms with van der Waals surface area (Å²) in [5.74, 6) is 5.37. The summed E-state index contributed by atoms with van der Waals surface area (Å²) in [5, 5.41) is 24.2. The molecule has 9 heterocycles. The first-order valence-corrected chi connectivity index (χ1v) is 48.9. The molecule has 684 valence electrons. The van der Waals surface area contributed by atoms with Crippen LogP contribution in [0.5, 0.6) is 0 Å². The van der Waals surface area contributed by atoms with E-state index in [1.54, 1.807) is 12.4 Å². The van der Waals surface area contributed by atoms with Crippen molar-refractivity contribution >= 4 is 163 Å². The van der Waals surface area contributed by atoms with Crippen LogP contribution in [-0.2, 0) is 0 Å². The van der Waals surface area contributed by atoms with Gasteiger partial charge in [-0.1, -0.05) is 382 Å². The number of hydrogen-bond acceptors (Lipinski definition) is 15. The number of rotatable bonds is 12. The SMILES string of the molecule is c1ccc2cc(-c3nc(-c4ccc(-c5cccc6ccccc56)cc4)nc(-c4cccc5oc6cc7ncccc7cc6c45)n3)ccc2c1.c1ccc2cc(-c3nc(-c4ccc(-c5cccc6ccccc56)cc4)nc(-c4cccc5oc6nc7ccccc7cc6c45)n3)ccc2c1.c1ccc2cc(-c3nc(-c4ccc(-c5cccc6ccccc56)cc4)nc(-c4ccnc5oc6cc7ccccc7cc6c45)n3)ccc2c1. The molecule has 0 spiro atoms. The van der Waals surface area contributed by atoms with Crippen LogP contribution in [-0.4, -0.2) is 59.8 Å². The molecule has 0 aliphatic rings. The van der Waals surface area contributed by atoms with Crippen molar-refractivity contribution < 1.29 is 13.3 Å². The maximum Gasteiger partial charge on any atom is 0.228 e. The molecule has 147 heavy (non-hydrogen) atoms. The van der Waals surface area contributed by atoms with Crippen LogP contribution >= 0.6 is 0 Å². The van der Waals surface area contributed by atoms with Gasteiger partial charge in [-0.25, -0.2) is 54.8 Å². The Kier molecular flexibility index (Phi) is 20.5. The number of furan rings is 3. The zero-order chi connectivity index (χ0) is 96.9. The Hall–Kier alpha value is -20.2. The van der Waals surface area contributed by atoms with Gasteiger partial charge < -0.3 is 13.3 Å². The van der Waals surface area contributed by atoms with E-state index < -0.39 is 0 Å². The van der Waals surface area contributed by atoms with Gasteiger partial charge in [0.05, 0.1) is 16.4 Å². The van der Waals surface area contributed by atoms with Gasteiger partial charge in [-0.2, -0.15) is 0 Å². The maximum atomic E-state index is 6.38. The van der Waals surface area contributed by atoms with E-state index in [0.29, 0.717) is 63.8 Å². The Morgan fingerprint density at radius 2 is 0.442 bits per heavy atom. The fourth-order valence-electron chi connectivity index (χ4n) is 20.8.